The van der Waals surface area contributed by atoms with E-state index in [2.05, 4.69) is 4.98 Å². The SMILES string of the molecule is Cc1ncc(CO)c([C@@H](N)C(C)(C)C)c1O. The van der Waals surface area contributed by atoms with E-state index in [-0.39, 0.29) is 23.8 Å². The van der Waals surface area contributed by atoms with Crippen molar-refractivity contribution >= 4 is 0 Å². The Morgan fingerprint density at radius 1 is 1.44 bits per heavy atom. The third kappa shape index (κ3) is 2.33. The third-order valence-electron chi connectivity index (χ3n) is 2.77. The smallest absolute Gasteiger partial charge is 0.141 e. The highest BCUT2D eigenvalue weighted by Crippen LogP contribution is 2.38. The number of aliphatic hydroxyl groups is 1. The Hall–Kier alpha value is -1.13. The van der Waals surface area contributed by atoms with E-state index in [1.54, 1.807) is 13.1 Å². The minimum Gasteiger partial charge on any atom is -0.506 e. The lowest BCUT2D eigenvalue weighted by molar-refractivity contribution is 0.268. The van der Waals surface area contributed by atoms with E-state index in [9.17, 15) is 10.2 Å². The zero-order valence-corrected chi connectivity index (χ0v) is 10.3. The lowest BCUT2D eigenvalue weighted by atomic mass is 9.81. The molecule has 1 aromatic rings. The number of aromatic nitrogens is 1. The number of hydrogen-bond donors (Lipinski definition) is 3. The van der Waals surface area contributed by atoms with Crippen LogP contribution in [0.5, 0.6) is 5.75 Å². The van der Waals surface area contributed by atoms with E-state index in [1.807, 2.05) is 20.8 Å². The van der Waals surface area contributed by atoms with Gasteiger partial charge in [0.15, 0.2) is 0 Å². The molecule has 1 aromatic heterocycles. The van der Waals surface area contributed by atoms with Crippen molar-refractivity contribution in [1.82, 2.24) is 4.98 Å². The molecule has 0 unspecified atom stereocenters. The van der Waals surface area contributed by atoms with Crippen molar-refractivity contribution in [3.8, 4) is 5.75 Å². The zero-order chi connectivity index (χ0) is 12.5. The summed E-state index contributed by atoms with van der Waals surface area (Å²) in [6.45, 7) is 7.53. The molecule has 0 aliphatic rings. The first-order chi connectivity index (χ1) is 7.29. The van der Waals surface area contributed by atoms with Crippen LogP contribution >= 0.6 is 0 Å². The fourth-order valence-corrected chi connectivity index (χ4v) is 1.56. The number of pyridine rings is 1. The molecule has 4 heteroatoms. The molecule has 0 aliphatic heterocycles. The first kappa shape index (κ1) is 12.9. The molecule has 0 aromatic carbocycles. The van der Waals surface area contributed by atoms with Crippen LogP contribution in [0.25, 0.3) is 0 Å². The van der Waals surface area contributed by atoms with Crippen molar-refractivity contribution in [1.29, 1.82) is 0 Å². The van der Waals surface area contributed by atoms with Gasteiger partial charge in [0.2, 0.25) is 0 Å². The van der Waals surface area contributed by atoms with E-state index in [0.717, 1.165) is 0 Å². The molecular formula is C12H20N2O2. The first-order valence-corrected chi connectivity index (χ1v) is 5.32. The Balaban J connectivity index is 3.35. The molecule has 90 valence electrons. The molecule has 0 bridgehead atoms. The van der Waals surface area contributed by atoms with Gasteiger partial charge in [-0.1, -0.05) is 20.8 Å². The summed E-state index contributed by atoms with van der Waals surface area (Å²) < 4.78 is 0. The van der Waals surface area contributed by atoms with Crippen molar-refractivity contribution in [2.45, 2.75) is 40.3 Å². The van der Waals surface area contributed by atoms with Gasteiger partial charge in [-0.2, -0.15) is 0 Å². The van der Waals surface area contributed by atoms with Gasteiger partial charge in [-0.25, -0.2) is 0 Å². The van der Waals surface area contributed by atoms with E-state index in [4.69, 9.17) is 5.73 Å². The molecule has 16 heavy (non-hydrogen) atoms. The summed E-state index contributed by atoms with van der Waals surface area (Å²) in [5.41, 5.74) is 7.66. The van der Waals surface area contributed by atoms with Gasteiger partial charge in [-0.05, 0) is 12.3 Å². The Bertz CT molecular complexity index is 383. The molecule has 4 nitrogen and oxygen atoms in total. The van der Waals surface area contributed by atoms with Crippen LogP contribution in [0.4, 0.5) is 0 Å². The van der Waals surface area contributed by atoms with Crippen LogP contribution in [-0.2, 0) is 6.61 Å². The molecule has 4 N–H and O–H groups in total. The van der Waals surface area contributed by atoms with E-state index in [0.29, 0.717) is 16.8 Å². The van der Waals surface area contributed by atoms with Gasteiger partial charge in [-0.15, -0.1) is 0 Å². The molecule has 1 heterocycles. The second-order valence-electron chi connectivity index (χ2n) is 5.13. The summed E-state index contributed by atoms with van der Waals surface area (Å²) >= 11 is 0. The van der Waals surface area contributed by atoms with Crippen LogP contribution in [0.3, 0.4) is 0 Å². The number of hydrogen-bond acceptors (Lipinski definition) is 4. The maximum atomic E-state index is 9.99. The summed E-state index contributed by atoms with van der Waals surface area (Å²) in [4.78, 5) is 4.01. The van der Waals surface area contributed by atoms with Gasteiger partial charge in [0.1, 0.15) is 5.75 Å². The van der Waals surface area contributed by atoms with Gasteiger partial charge in [0, 0.05) is 23.4 Å². The second kappa shape index (κ2) is 4.39. The number of nitrogens with zero attached hydrogens (tertiary/aromatic N) is 1. The fraction of sp³-hybridized carbons (Fsp3) is 0.583. The summed E-state index contributed by atoms with van der Waals surface area (Å²) in [5.74, 6) is 0.0916. The molecule has 0 amide bonds. The number of rotatable bonds is 2. The molecule has 0 spiro atoms. The predicted octanol–water partition coefficient (Wildman–Crippen LogP) is 1.63. The zero-order valence-electron chi connectivity index (χ0n) is 10.3. The van der Waals surface area contributed by atoms with Crippen LogP contribution in [0.1, 0.15) is 43.6 Å². The molecule has 0 radical (unpaired) electrons. The highest BCUT2D eigenvalue weighted by atomic mass is 16.3. The Kier molecular flexibility index (Phi) is 3.55. The van der Waals surface area contributed by atoms with Gasteiger partial charge >= 0.3 is 0 Å². The largest absolute Gasteiger partial charge is 0.506 e. The maximum Gasteiger partial charge on any atom is 0.141 e. The Morgan fingerprint density at radius 3 is 2.44 bits per heavy atom. The summed E-state index contributed by atoms with van der Waals surface area (Å²) in [7, 11) is 0. The van der Waals surface area contributed by atoms with Crippen molar-refractivity contribution in [3.05, 3.63) is 23.0 Å². The first-order valence-electron chi connectivity index (χ1n) is 5.32. The lowest BCUT2D eigenvalue weighted by Gasteiger charge is -2.29. The van der Waals surface area contributed by atoms with Crippen molar-refractivity contribution in [2.75, 3.05) is 0 Å². The van der Waals surface area contributed by atoms with Crippen molar-refractivity contribution < 1.29 is 10.2 Å². The lowest BCUT2D eigenvalue weighted by Crippen LogP contribution is -2.27. The Labute approximate surface area is 96.1 Å². The quantitative estimate of drug-likeness (QED) is 0.713. The van der Waals surface area contributed by atoms with Crippen LogP contribution in [0, 0.1) is 12.3 Å². The van der Waals surface area contributed by atoms with E-state index in [1.165, 1.54) is 0 Å². The van der Waals surface area contributed by atoms with Gasteiger partial charge in [-0.3, -0.25) is 4.98 Å². The topological polar surface area (TPSA) is 79.4 Å². The highest BCUT2D eigenvalue weighted by molar-refractivity contribution is 5.43. The molecule has 0 aliphatic carbocycles. The van der Waals surface area contributed by atoms with Crippen LogP contribution in [0.15, 0.2) is 6.20 Å². The van der Waals surface area contributed by atoms with Crippen LogP contribution in [-0.4, -0.2) is 15.2 Å². The molecule has 0 fully saturated rings. The van der Waals surface area contributed by atoms with Gasteiger partial charge < -0.3 is 15.9 Å². The summed E-state index contributed by atoms with van der Waals surface area (Å²) in [5, 5.41) is 19.2. The number of aromatic hydroxyl groups is 1. The van der Waals surface area contributed by atoms with E-state index < -0.39 is 0 Å². The molecule has 0 saturated carbocycles. The standard InChI is InChI=1S/C12H20N2O2/c1-7-10(16)9(8(6-15)5-14-7)11(13)12(2,3)4/h5,11,15-16H,6,13H2,1-4H3/t11-/m1/s1. The predicted molar refractivity (Wildman–Crippen MR) is 62.9 cm³/mol. The van der Waals surface area contributed by atoms with Crippen molar-refractivity contribution in [2.24, 2.45) is 11.1 Å². The minimum atomic E-state index is -0.337. The average Bonchev–Trinajstić information content (AvgIpc) is 2.19. The average molecular weight is 224 g/mol. The normalized spacial score (nSPS) is 13.9. The maximum absolute atomic E-state index is 9.99. The minimum absolute atomic E-state index is 0.0916. The molecule has 1 rings (SSSR count). The van der Waals surface area contributed by atoms with Crippen molar-refractivity contribution in [3.63, 3.8) is 0 Å². The molecule has 1 atom stereocenters. The molecular weight excluding hydrogens is 204 g/mol. The summed E-state index contributed by atoms with van der Waals surface area (Å²) in [6.07, 6.45) is 1.57. The van der Waals surface area contributed by atoms with E-state index >= 15 is 0 Å². The number of aryl methyl sites for hydroxylation is 1. The fourth-order valence-electron chi connectivity index (χ4n) is 1.56. The summed E-state index contributed by atoms with van der Waals surface area (Å²) in [6, 6.07) is -0.337. The van der Waals surface area contributed by atoms with Gasteiger partial charge in [0.05, 0.1) is 12.3 Å². The van der Waals surface area contributed by atoms with Crippen LogP contribution in [0.2, 0.25) is 0 Å². The number of nitrogens with two attached hydrogens (primary N) is 1. The Morgan fingerprint density at radius 2 is 2.00 bits per heavy atom. The monoisotopic (exact) mass is 224 g/mol. The molecule has 0 saturated heterocycles. The third-order valence-corrected chi connectivity index (χ3v) is 2.77. The second-order valence-corrected chi connectivity index (χ2v) is 5.13. The van der Waals surface area contributed by atoms with Crippen LogP contribution < -0.4 is 5.73 Å². The number of aliphatic hydroxyl groups excluding tert-OH is 1. The highest BCUT2D eigenvalue weighted by Gasteiger charge is 2.27. The van der Waals surface area contributed by atoms with Gasteiger partial charge in [0.25, 0.3) is 0 Å².